The van der Waals surface area contributed by atoms with Crippen LogP contribution in [0.1, 0.15) is 46.3 Å². The van der Waals surface area contributed by atoms with Gasteiger partial charge in [0.1, 0.15) is 18.2 Å². The van der Waals surface area contributed by atoms with Crippen LogP contribution in [0, 0.1) is 0 Å². The number of hydrogen-bond acceptors (Lipinski definition) is 6. The van der Waals surface area contributed by atoms with E-state index in [-0.39, 0.29) is 47.7 Å². The molecular formula is C31H31ClF3N5O4. The number of H-pyrrole nitrogens is 2. The van der Waals surface area contributed by atoms with Gasteiger partial charge in [-0.25, -0.2) is 4.98 Å². The van der Waals surface area contributed by atoms with Crippen LogP contribution in [0.5, 0.6) is 5.75 Å². The number of hydrogen-bond donors (Lipinski definition) is 3. The number of aromatic amines is 2. The standard InChI is InChI=1S/C31H31ClF3N5O4/c1-39-10-7-20(8-11-39)40-15-18-12-24-25(14-22(18)30(40)43)38-28(37-24)27-17(6-9-36-29(27)42)2-4-21(41)16-44-26-13-19(31(33,34)35)3-5-23(26)32/h3,5-6,9,12-14,20-21,41H,2,4,7-8,10-11,15-16H2,1H3,(H,36,42)(H,37,38)/t21-/m1/s1. The molecule has 4 aromatic rings. The van der Waals surface area contributed by atoms with Gasteiger partial charge in [0.2, 0.25) is 0 Å². The second kappa shape index (κ2) is 11.9. The lowest BCUT2D eigenvalue weighted by atomic mass is 10.0. The molecule has 6 rings (SSSR count). The fourth-order valence-corrected chi connectivity index (χ4v) is 6.10. The highest BCUT2D eigenvalue weighted by molar-refractivity contribution is 6.32. The minimum atomic E-state index is -4.56. The number of rotatable bonds is 8. The number of pyridine rings is 1. The number of fused-ring (bicyclic) bond motifs is 2. The second-order valence-electron chi connectivity index (χ2n) is 11.4. The van der Waals surface area contributed by atoms with Crippen LogP contribution in [0.15, 0.2) is 47.4 Å². The highest BCUT2D eigenvalue weighted by Gasteiger charge is 2.35. The van der Waals surface area contributed by atoms with Crippen molar-refractivity contribution in [2.45, 2.75) is 50.6 Å². The molecule has 0 aliphatic carbocycles. The van der Waals surface area contributed by atoms with Crippen LogP contribution in [0.4, 0.5) is 13.2 Å². The molecule has 44 heavy (non-hydrogen) atoms. The minimum absolute atomic E-state index is 0.00174. The summed E-state index contributed by atoms with van der Waals surface area (Å²) in [6, 6.07) is 8.36. The van der Waals surface area contributed by atoms with E-state index in [1.165, 1.54) is 6.20 Å². The maximum absolute atomic E-state index is 13.3. The topological polar surface area (TPSA) is 115 Å². The van der Waals surface area contributed by atoms with Gasteiger partial charge in [0.25, 0.3) is 11.5 Å². The predicted molar refractivity (Wildman–Crippen MR) is 159 cm³/mol. The average molecular weight is 630 g/mol. The van der Waals surface area contributed by atoms with Crippen molar-refractivity contribution in [2.24, 2.45) is 0 Å². The number of ether oxygens (including phenoxy) is 1. The smallest absolute Gasteiger partial charge is 0.416 e. The first-order chi connectivity index (χ1) is 21.0. The van der Waals surface area contributed by atoms with Gasteiger partial charge in [-0.15, -0.1) is 0 Å². The normalized spacial score (nSPS) is 17.0. The second-order valence-corrected chi connectivity index (χ2v) is 11.8. The Bertz CT molecular complexity index is 1760. The SMILES string of the molecule is CN1CCC(N2Cc3cc4[nH]c(-c5c(CC[C@@H](O)COc6cc(C(F)(F)F)ccc6Cl)cc[nH]c5=O)nc4cc3C2=O)CC1. The molecule has 2 aliphatic heterocycles. The average Bonchev–Trinajstić information content (AvgIpc) is 3.54. The molecule has 1 saturated heterocycles. The van der Waals surface area contributed by atoms with E-state index in [4.69, 9.17) is 16.3 Å². The van der Waals surface area contributed by atoms with Crippen LogP contribution in [-0.2, 0) is 19.1 Å². The predicted octanol–water partition coefficient (Wildman–Crippen LogP) is 5.01. The molecule has 0 bridgehead atoms. The molecule has 13 heteroatoms. The van der Waals surface area contributed by atoms with Crippen LogP contribution >= 0.6 is 11.6 Å². The number of aliphatic hydroxyl groups is 1. The van der Waals surface area contributed by atoms with Gasteiger partial charge >= 0.3 is 6.18 Å². The fraction of sp³-hybridized carbons (Fsp3) is 0.387. The van der Waals surface area contributed by atoms with Crippen LogP contribution < -0.4 is 10.3 Å². The summed E-state index contributed by atoms with van der Waals surface area (Å²) in [5, 5.41) is 10.5. The third kappa shape index (κ3) is 6.06. The number of amides is 1. The summed E-state index contributed by atoms with van der Waals surface area (Å²) in [4.78, 5) is 41.0. The van der Waals surface area contributed by atoms with Gasteiger partial charge in [0.15, 0.2) is 0 Å². The summed E-state index contributed by atoms with van der Waals surface area (Å²) in [5.74, 6) is 0.156. The molecule has 1 fully saturated rings. The monoisotopic (exact) mass is 629 g/mol. The van der Waals surface area contributed by atoms with Crippen molar-refractivity contribution in [1.29, 1.82) is 0 Å². The number of aryl methyl sites for hydroxylation is 1. The quantitative estimate of drug-likeness (QED) is 0.252. The third-order valence-electron chi connectivity index (χ3n) is 8.39. The van der Waals surface area contributed by atoms with E-state index in [9.17, 15) is 27.9 Å². The van der Waals surface area contributed by atoms with Crippen LogP contribution in [0.3, 0.4) is 0 Å². The van der Waals surface area contributed by atoms with E-state index in [1.54, 1.807) is 12.1 Å². The van der Waals surface area contributed by atoms with Crippen molar-refractivity contribution < 1.29 is 27.8 Å². The molecule has 232 valence electrons. The van der Waals surface area contributed by atoms with Gasteiger partial charge in [-0.2, -0.15) is 13.2 Å². The Morgan fingerprint density at radius 2 is 1.93 bits per heavy atom. The summed E-state index contributed by atoms with van der Waals surface area (Å²) < 4.78 is 44.6. The highest BCUT2D eigenvalue weighted by atomic mass is 35.5. The van der Waals surface area contributed by atoms with Crippen molar-refractivity contribution in [2.75, 3.05) is 26.7 Å². The Morgan fingerprint density at radius 3 is 2.68 bits per heavy atom. The molecule has 0 radical (unpaired) electrons. The molecule has 1 amide bonds. The van der Waals surface area contributed by atoms with Gasteiger partial charge < -0.3 is 29.6 Å². The van der Waals surface area contributed by atoms with Gasteiger partial charge in [-0.3, -0.25) is 9.59 Å². The zero-order chi connectivity index (χ0) is 31.2. The number of imidazole rings is 1. The number of piperidine rings is 1. The lowest BCUT2D eigenvalue weighted by molar-refractivity contribution is -0.137. The summed E-state index contributed by atoms with van der Waals surface area (Å²) in [6.45, 7) is 2.16. The summed E-state index contributed by atoms with van der Waals surface area (Å²) in [6.07, 6.45) is -1.81. The number of carbonyl (C=O) groups is 1. The maximum Gasteiger partial charge on any atom is 0.416 e. The molecule has 0 unspecified atom stereocenters. The van der Waals surface area contributed by atoms with Gasteiger partial charge in [-0.1, -0.05) is 11.6 Å². The number of nitrogens with one attached hydrogen (secondary N) is 2. The molecular weight excluding hydrogens is 599 g/mol. The first-order valence-electron chi connectivity index (χ1n) is 14.4. The van der Waals surface area contributed by atoms with E-state index < -0.39 is 17.8 Å². The Kier molecular flexibility index (Phi) is 8.16. The highest BCUT2D eigenvalue weighted by Crippen LogP contribution is 2.35. The number of aliphatic hydroxyl groups excluding tert-OH is 1. The molecule has 9 nitrogen and oxygen atoms in total. The van der Waals surface area contributed by atoms with Gasteiger partial charge in [0, 0.05) is 24.3 Å². The van der Waals surface area contributed by atoms with Crippen LogP contribution in [-0.4, -0.2) is 74.7 Å². The largest absolute Gasteiger partial charge is 0.489 e. The van der Waals surface area contributed by atoms with Crippen LogP contribution in [0.25, 0.3) is 22.4 Å². The Hall–Kier alpha value is -3.87. The molecule has 2 aliphatic rings. The Morgan fingerprint density at radius 1 is 1.16 bits per heavy atom. The maximum atomic E-state index is 13.3. The Labute approximate surface area is 255 Å². The number of benzene rings is 2. The third-order valence-corrected chi connectivity index (χ3v) is 8.70. The van der Waals surface area contributed by atoms with Crippen molar-refractivity contribution in [3.63, 3.8) is 0 Å². The Balaban J connectivity index is 1.16. The van der Waals surface area contributed by atoms with E-state index in [0.29, 0.717) is 40.1 Å². The van der Waals surface area contributed by atoms with E-state index >= 15 is 0 Å². The number of alkyl halides is 3. The fourth-order valence-electron chi connectivity index (χ4n) is 5.93. The molecule has 1 atom stereocenters. The molecule has 3 N–H and O–H groups in total. The van der Waals surface area contributed by atoms with Gasteiger partial charge in [-0.05, 0) is 93.3 Å². The summed E-state index contributed by atoms with van der Waals surface area (Å²) in [5.41, 5.74) is 2.45. The van der Waals surface area contributed by atoms with Gasteiger partial charge in [0.05, 0.1) is 33.3 Å². The van der Waals surface area contributed by atoms with E-state index in [2.05, 4.69) is 26.9 Å². The van der Waals surface area contributed by atoms with Crippen molar-refractivity contribution in [3.8, 4) is 17.1 Å². The molecule has 4 heterocycles. The summed E-state index contributed by atoms with van der Waals surface area (Å²) in [7, 11) is 2.09. The number of aromatic nitrogens is 3. The molecule has 2 aromatic heterocycles. The zero-order valence-electron chi connectivity index (χ0n) is 23.9. The minimum Gasteiger partial charge on any atom is -0.489 e. The number of likely N-dealkylation sites (tertiary alicyclic amines) is 1. The number of carbonyl (C=O) groups excluding carboxylic acids is 1. The molecule has 0 saturated carbocycles. The summed E-state index contributed by atoms with van der Waals surface area (Å²) >= 11 is 5.98. The number of nitrogens with zero attached hydrogens (tertiary/aromatic N) is 3. The van der Waals surface area contributed by atoms with E-state index in [1.807, 2.05) is 11.0 Å². The lowest BCUT2D eigenvalue weighted by Crippen LogP contribution is -2.43. The first-order valence-corrected chi connectivity index (χ1v) is 14.8. The van der Waals surface area contributed by atoms with Crippen molar-refractivity contribution in [1.82, 2.24) is 24.8 Å². The van der Waals surface area contributed by atoms with E-state index in [0.717, 1.165) is 49.7 Å². The zero-order valence-corrected chi connectivity index (χ0v) is 24.6. The van der Waals surface area contributed by atoms with Crippen LogP contribution in [0.2, 0.25) is 5.02 Å². The van der Waals surface area contributed by atoms with Crippen molar-refractivity contribution in [3.05, 3.63) is 80.2 Å². The first kappa shape index (κ1) is 30.2. The van der Waals surface area contributed by atoms with Crippen molar-refractivity contribution >= 4 is 28.5 Å². The lowest BCUT2D eigenvalue weighted by Gasteiger charge is -2.34. The number of halogens is 4. The molecule has 0 spiro atoms. The molecule has 2 aromatic carbocycles.